The third kappa shape index (κ3) is 2.03. The molecule has 0 heterocycles. The fourth-order valence-electron chi connectivity index (χ4n) is 1.80. The van der Waals surface area contributed by atoms with E-state index in [4.69, 9.17) is 11.6 Å². The third-order valence-electron chi connectivity index (χ3n) is 2.53. The van der Waals surface area contributed by atoms with Gasteiger partial charge in [0.25, 0.3) is 0 Å². The predicted molar refractivity (Wildman–Crippen MR) is 50.3 cm³/mol. The second-order valence-corrected chi connectivity index (χ2v) is 3.81. The second-order valence-electron chi connectivity index (χ2n) is 3.81. The van der Waals surface area contributed by atoms with Crippen molar-refractivity contribution in [2.45, 2.75) is 19.8 Å². The van der Waals surface area contributed by atoms with Crippen LogP contribution in [-0.2, 0) is 0 Å². The highest BCUT2D eigenvalue weighted by Gasteiger charge is 2.26. The summed E-state index contributed by atoms with van der Waals surface area (Å²) in [4.78, 5) is 1.91. The van der Waals surface area contributed by atoms with Crippen LogP contribution in [0.25, 0.3) is 0 Å². The number of rotatable bonds is 2. The number of nitrogens with two attached hydrogens (primary N) is 2. The van der Waals surface area contributed by atoms with Crippen LogP contribution in [0.2, 0.25) is 0 Å². The van der Waals surface area contributed by atoms with Crippen molar-refractivity contribution < 1.29 is 0 Å². The Morgan fingerprint density at radius 2 is 2.17 bits per heavy atom. The molecule has 4 nitrogen and oxygen atoms in total. The molecular weight excluding hydrogens is 152 g/mol. The zero-order valence-corrected chi connectivity index (χ0v) is 7.83. The number of hydrazone groups is 1. The highest BCUT2D eigenvalue weighted by atomic mass is 15.3. The van der Waals surface area contributed by atoms with Crippen molar-refractivity contribution in [1.82, 2.24) is 4.90 Å². The first-order valence-corrected chi connectivity index (χ1v) is 4.38. The van der Waals surface area contributed by atoms with Crippen LogP contribution >= 0.6 is 0 Å². The van der Waals surface area contributed by atoms with Gasteiger partial charge in [-0.15, -0.1) is 5.10 Å². The van der Waals surface area contributed by atoms with Gasteiger partial charge in [-0.2, -0.15) is 0 Å². The van der Waals surface area contributed by atoms with Gasteiger partial charge < -0.3 is 16.5 Å². The summed E-state index contributed by atoms with van der Waals surface area (Å²) in [5.41, 5.74) is 5.53. The van der Waals surface area contributed by atoms with Crippen molar-refractivity contribution in [3.63, 3.8) is 0 Å². The van der Waals surface area contributed by atoms with Crippen LogP contribution in [0.3, 0.4) is 0 Å². The van der Waals surface area contributed by atoms with Crippen molar-refractivity contribution >= 4 is 5.96 Å². The van der Waals surface area contributed by atoms with E-state index in [2.05, 4.69) is 12.0 Å². The van der Waals surface area contributed by atoms with Crippen LogP contribution in [0.5, 0.6) is 0 Å². The summed E-state index contributed by atoms with van der Waals surface area (Å²) in [6.07, 6.45) is 2.62. The van der Waals surface area contributed by atoms with Gasteiger partial charge in [-0.3, -0.25) is 0 Å². The summed E-state index contributed by atoms with van der Waals surface area (Å²) in [5.74, 6) is 7.15. The molecule has 1 aliphatic carbocycles. The van der Waals surface area contributed by atoms with E-state index in [0.717, 1.165) is 18.4 Å². The topological polar surface area (TPSA) is 67.6 Å². The largest absolute Gasteiger partial charge is 0.368 e. The summed E-state index contributed by atoms with van der Waals surface area (Å²) < 4.78 is 0. The molecule has 0 aromatic heterocycles. The highest BCUT2D eigenvalue weighted by Crippen LogP contribution is 2.33. The fourth-order valence-corrected chi connectivity index (χ4v) is 1.80. The number of hydrogen-bond acceptors (Lipinski definition) is 2. The lowest BCUT2D eigenvalue weighted by molar-refractivity contribution is 0.180. The zero-order chi connectivity index (χ0) is 9.14. The minimum Gasteiger partial charge on any atom is -0.368 e. The van der Waals surface area contributed by atoms with E-state index in [1.54, 1.807) is 0 Å². The molecule has 0 bridgehead atoms. The molecule has 4 heteroatoms. The van der Waals surface area contributed by atoms with Gasteiger partial charge in [-0.25, -0.2) is 0 Å². The molecule has 4 N–H and O–H groups in total. The average Bonchev–Trinajstić information content (AvgIpc) is 2.00. The molecule has 1 rings (SSSR count). The lowest BCUT2D eigenvalue weighted by Crippen LogP contribution is -2.41. The number of nitrogens with zero attached hydrogens (tertiary/aromatic N) is 2. The minimum atomic E-state index is 0.426. The van der Waals surface area contributed by atoms with Crippen LogP contribution in [-0.4, -0.2) is 24.5 Å². The van der Waals surface area contributed by atoms with E-state index in [-0.39, 0.29) is 0 Å². The predicted octanol–water partition coefficient (Wildman–Crippen LogP) is 0.153. The van der Waals surface area contributed by atoms with Crippen LogP contribution in [0.15, 0.2) is 5.10 Å². The van der Waals surface area contributed by atoms with Gasteiger partial charge in [-0.05, 0) is 24.7 Å². The number of guanidine groups is 1. The lowest BCUT2D eigenvalue weighted by Gasteiger charge is -2.35. The summed E-state index contributed by atoms with van der Waals surface area (Å²) in [7, 11) is 1.93. The van der Waals surface area contributed by atoms with Gasteiger partial charge >= 0.3 is 0 Å². The molecule has 0 aromatic carbocycles. The Balaban J connectivity index is 2.23. The Kier molecular flexibility index (Phi) is 2.78. The lowest BCUT2D eigenvalue weighted by atomic mass is 9.76. The van der Waals surface area contributed by atoms with Crippen molar-refractivity contribution in [1.29, 1.82) is 0 Å². The summed E-state index contributed by atoms with van der Waals surface area (Å²) in [5, 5.41) is 3.44. The average molecular weight is 170 g/mol. The Labute approximate surface area is 73.6 Å². The van der Waals surface area contributed by atoms with E-state index < -0.39 is 0 Å². The molecule has 0 aliphatic heterocycles. The maximum absolute atomic E-state index is 5.53. The van der Waals surface area contributed by atoms with Gasteiger partial charge in [-0.1, -0.05) is 6.92 Å². The number of hydrogen-bond donors (Lipinski definition) is 2. The SMILES string of the molecule is CC1CC(CN(C)/C(N)=N/N)C1. The zero-order valence-electron chi connectivity index (χ0n) is 7.83. The summed E-state index contributed by atoms with van der Waals surface area (Å²) in [6.45, 7) is 3.26. The normalized spacial score (nSPS) is 29.7. The van der Waals surface area contributed by atoms with Crippen molar-refractivity contribution in [2.75, 3.05) is 13.6 Å². The van der Waals surface area contributed by atoms with Crippen LogP contribution < -0.4 is 11.6 Å². The molecule has 0 atom stereocenters. The first kappa shape index (κ1) is 9.16. The molecule has 1 aliphatic rings. The standard InChI is InChI=1S/C8H18N4/c1-6-3-7(4-6)5-12(2)8(9)11-10/h6-7H,3-5,10H2,1-2H3,(H2,9,11). The van der Waals surface area contributed by atoms with E-state index in [0.29, 0.717) is 5.96 Å². The fraction of sp³-hybridized carbons (Fsp3) is 0.875. The molecular formula is C8H18N4. The minimum absolute atomic E-state index is 0.426. The molecule has 0 aromatic rings. The molecule has 0 radical (unpaired) electrons. The van der Waals surface area contributed by atoms with Gasteiger partial charge in [0.2, 0.25) is 5.96 Å². The Bertz CT molecular complexity index is 172. The van der Waals surface area contributed by atoms with Gasteiger partial charge in [0.15, 0.2) is 0 Å². The molecule has 0 amide bonds. The van der Waals surface area contributed by atoms with E-state index in [9.17, 15) is 0 Å². The maximum atomic E-state index is 5.53. The smallest absolute Gasteiger partial charge is 0.213 e. The monoisotopic (exact) mass is 170 g/mol. The quantitative estimate of drug-likeness (QED) is 0.268. The molecule has 0 spiro atoms. The molecule has 0 saturated heterocycles. The van der Waals surface area contributed by atoms with E-state index in [1.165, 1.54) is 12.8 Å². The third-order valence-corrected chi connectivity index (χ3v) is 2.53. The van der Waals surface area contributed by atoms with Crippen molar-refractivity contribution in [2.24, 2.45) is 28.5 Å². The second kappa shape index (κ2) is 3.65. The molecule has 70 valence electrons. The Morgan fingerprint density at radius 1 is 1.58 bits per heavy atom. The van der Waals surface area contributed by atoms with Crippen LogP contribution in [0.4, 0.5) is 0 Å². The van der Waals surface area contributed by atoms with Crippen molar-refractivity contribution in [3.05, 3.63) is 0 Å². The van der Waals surface area contributed by atoms with Crippen LogP contribution in [0.1, 0.15) is 19.8 Å². The summed E-state index contributed by atoms with van der Waals surface area (Å²) in [6, 6.07) is 0. The van der Waals surface area contributed by atoms with Crippen LogP contribution in [0, 0.1) is 11.8 Å². The van der Waals surface area contributed by atoms with Crippen molar-refractivity contribution in [3.8, 4) is 0 Å². The Morgan fingerprint density at radius 3 is 2.58 bits per heavy atom. The van der Waals surface area contributed by atoms with E-state index in [1.807, 2.05) is 11.9 Å². The Hall–Kier alpha value is -0.930. The van der Waals surface area contributed by atoms with Gasteiger partial charge in [0, 0.05) is 13.6 Å². The highest BCUT2D eigenvalue weighted by molar-refractivity contribution is 5.77. The summed E-state index contributed by atoms with van der Waals surface area (Å²) >= 11 is 0. The van der Waals surface area contributed by atoms with E-state index >= 15 is 0 Å². The first-order chi connectivity index (χ1) is 5.63. The molecule has 12 heavy (non-hydrogen) atoms. The first-order valence-electron chi connectivity index (χ1n) is 4.38. The van der Waals surface area contributed by atoms with Gasteiger partial charge in [0.1, 0.15) is 0 Å². The molecule has 0 unspecified atom stereocenters. The van der Waals surface area contributed by atoms with Gasteiger partial charge in [0.05, 0.1) is 0 Å². The molecule has 1 fully saturated rings. The maximum Gasteiger partial charge on any atom is 0.213 e. The molecule has 1 saturated carbocycles.